The summed E-state index contributed by atoms with van der Waals surface area (Å²) >= 11 is 0. The molecule has 2 heterocycles. The molecule has 3 aliphatic rings. The minimum atomic E-state index is -4.11. The van der Waals surface area contributed by atoms with Gasteiger partial charge in [0.2, 0.25) is 40.0 Å². The molecule has 2 aromatic rings. The number of hydrogen-bond acceptors (Lipinski definition) is 11. The number of likely N-dealkylation sites (tertiary alicyclic amines) is 1. The van der Waals surface area contributed by atoms with Gasteiger partial charge in [0.15, 0.2) is 0 Å². The van der Waals surface area contributed by atoms with Gasteiger partial charge in [-0.25, -0.2) is 17.2 Å². The van der Waals surface area contributed by atoms with Crippen LogP contribution in [0.3, 0.4) is 0 Å². The number of aromatic nitrogens is 4. The van der Waals surface area contributed by atoms with Crippen molar-refractivity contribution in [3.05, 3.63) is 24.3 Å². The molecule has 2 aliphatic carbocycles. The number of amides is 4. The largest absolute Gasteiger partial charge is 0.497 e. The third kappa shape index (κ3) is 8.67. The summed E-state index contributed by atoms with van der Waals surface area (Å²) in [7, 11) is -2.58. The average Bonchev–Trinajstić information content (AvgIpc) is 3.92. The van der Waals surface area contributed by atoms with E-state index in [2.05, 4.69) is 31.4 Å². The molecule has 0 radical (unpaired) electrons. The Labute approximate surface area is 301 Å². The lowest BCUT2D eigenvalue weighted by atomic mass is 9.85. The maximum absolute atomic E-state index is 14.4. The summed E-state index contributed by atoms with van der Waals surface area (Å²) in [6.45, 7) is 10.5. The van der Waals surface area contributed by atoms with Crippen LogP contribution in [0, 0.1) is 11.3 Å². The molecule has 52 heavy (non-hydrogen) atoms. The zero-order chi connectivity index (χ0) is 38.4. The molecule has 1 aromatic carbocycles. The van der Waals surface area contributed by atoms with Crippen LogP contribution in [-0.2, 0) is 29.2 Å². The molecule has 1 aromatic heterocycles. The molecule has 286 valence electrons. The fourth-order valence-corrected chi connectivity index (χ4v) is 7.70. The number of halogens is 2. The first kappa shape index (κ1) is 39.0. The lowest BCUT2D eigenvalue weighted by Gasteiger charge is -2.36. The van der Waals surface area contributed by atoms with Crippen LogP contribution in [0.15, 0.2) is 24.3 Å². The second-order valence-corrected chi connectivity index (χ2v) is 17.8. The summed E-state index contributed by atoms with van der Waals surface area (Å²) in [5, 5.41) is 20.3. The van der Waals surface area contributed by atoms with Gasteiger partial charge in [-0.15, -0.1) is 10.2 Å². The van der Waals surface area contributed by atoms with Crippen LogP contribution in [0.4, 0.5) is 8.78 Å². The maximum atomic E-state index is 14.4. The van der Waals surface area contributed by atoms with Gasteiger partial charge in [0.25, 0.3) is 5.91 Å². The highest BCUT2D eigenvalue weighted by Gasteiger charge is 2.66. The molecule has 4 amide bonds. The Bertz CT molecular complexity index is 1790. The van der Waals surface area contributed by atoms with Crippen molar-refractivity contribution < 1.29 is 41.1 Å². The van der Waals surface area contributed by atoms with Gasteiger partial charge in [-0.3, -0.25) is 29.2 Å². The number of rotatable bonds is 13. The van der Waals surface area contributed by atoms with Gasteiger partial charge in [0, 0.05) is 24.1 Å². The predicted octanol–water partition coefficient (Wildman–Crippen LogP) is 1.16. The molecule has 3 fully saturated rings. The molecule has 16 nitrogen and oxygen atoms in total. The molecule has 1 saturated heterocycles. The molecule has 5 atom stereocenters. The molecule has 2 saturated carbocycles. The lowest BCUT2D eigenvalue weighted by Crippen LogP contribution is -2.60. The van der Waals surface area contributed by atoms with Crippen molar-refractivity contribution in [3.63, 3.8) is 0 Å². The highest BCUT2D eigenvalue weighted by atomic mass is 32.2. The highest BCUT2D eigenvalue weighted by Crippen LogP contribution is 2.48. The van der Waals surface area contributed by atoms with E-state index in [1.165, 1.54) is 16.8 Å². The number of hydrogen-bond donors (Lipinski definition) is 4. The number of nitrogens with one attached hydrogen (secondary N) is 4. The standard InChI is InChI=1S/C33H47F2N9O7S/c1-31(2,3)25(36-16-24(45)37-32(4,5)6)29(47)43-17-19(44-40-27(39-42-44)18-8-10-20(51-7)11-9-18)14-23(43)28(46)38-33(15-22(33)26(34)35)30(48)41-52(49,50)21-12-13-21/h8-11,19,21-23,25-26,36H,12-17H2,1-7H3,(H,37,45)(H,38,46)(H,41,48)/t19-,22+,23?,25-,33-/m1/s1. The van der Waals surface area contributed by atoms with Crippen molar-refractivity contribution in [2.24, 2.45) is 11.3 Å². The monoisotopic (exact) mass is 751 g/mol. The Balaban J connectivity index is 1.43. The molecule has 1 aliphatic heterocycles. The Hall–Kier alpha value is -4.26. The van der Waals surface area contributed by atoms with Crippen molar-refractivity contribution in [2.75, 3.05) is 20.2 Å². The Morgan fingerprint density at radius 1 is 1.06 bits per heavy atom. The molecule has 4 N–H and O–H groups in total. The minimum Gasteiger partial charge on any atom is -0.497 e. The molecule has 1 unspecified atom stereocenters. The summed E-state index contributed by atoms with van der Waals surface area (Å²) in [5.74, 6) is -3.85. The Morgan fingerprint density at radius 3 is 2.25 bits per heavy atom. The highest BCUT2D eigenvalue weighted by molar-refractivity contribution is 7.91. The summed E-state index contributed by atoms with van der Waals surface area (Å²) in [4.78, 5) is 57.1. The zero-order valence-electron chi connectivity index (χ0n) is 30.3. The van der Waals surface area contributed by atoms with Crippen LogP contribution in [-0.4, -0.2) is 112 Å². The van der Waals surface area contributed by atoms with Gasteiger partial charge in [0.1, 0.15) is 17.3 Å². The summed E-state index contributed by atoms with van der Waals surface area (Å²) in [6, 6.07) is 3.89. The second kappa shape index (κ2) is 14.3. The Kier molecular flexibility index (Phi) is 10.7. The van der Waals surface area contributed by atoms with Crippen LogP contribution in [0.25, 0.3) is 11.4 Å². The van der Waals surface area contributed by atoms with Crippen molar-refractivity contribution in [2.45, 2.75) is 108 Å². The number of ether oxygens (including phenoxy) is 1. The van der Waals surface area contributed by atoms with Gasteiger partial charge in [-0.05, 0) is 74.9 Å². The molecule has 0 bridgehead atoms. The number of alkyl halides is 2. The van der Waals surface area contributed by atoms with Gasteiger partial charge < -0.3 is 20.3 Å². The van der Waals surface area contributed by atoms with Crippen molar-refractivity contribution >= 4 is 33.7 Å². The van der Waals surface area contributed by atoms with E-state index < -0.39 is 86.4 Å². The quantitative estimate of drug-likeness (QED) is 0.229. The maximum Gasteiger partial charge on any atom is 0.259 e. The average molecular weight is 752 g/mol. The van der Waals surface area contributed by atoms with Crippen molar-refractivity contribution in [3.8, 4) is 17.1 Å². The van der Waals surface area contributed by atoms with Crippen LogP contribution < -0.4 is 25.4 Å². The third-order valence-corrected chi connectivity index (χ3v) is 11.1. The number of sulfonamides is 1. The van der Waals surface area contributed by atoms with E-state index in [9.17, 15) is 36.4 Å². The van der Waals surface area contributed by atoms with Gasteiger partial charge in [-0.2, -0.15) is 4.80 Å². The fraction of sp³-hybridized carbons (Fsp3) is 0.667. The number of nitrogens with zero attached hydrogens (tertiary/aromatic N) is 5. The normalized spacial score (nSPS) is 24.0. The van der Waals surface area contributed by atoms with Crippen LogP contribution >= 0.6 is 0 Å². The smallest absolute Gasteiger partial charge is 0.259 e. The molecular weight excluding hydrogens is 704 g/mol. The van der Waals surface area contributed by atoms with Crippen molar-refractivity contribution in [1.82, 2.24) is 45.8 Å². The number of methoxy groups -OCH3 is 1. The first-order chi connectivity index (χ1) is 24.1. The van der Waals surface area contributed by atoms with E-state index in [-0.39, 0.29) is 31.2 Å². The van der Waals surface area contributed by atoms with Gasteiger partial charge in [-0.1, -0.05) is 20.8 Å². The molecule has 0 spiro atoms. The summed E-state index contributed by atoms with van der Waals surface area (Å²) in [6.07, 6.45) is -2.95. The number of tetrazole rings is 1. The van der Waals surface area contributed by atoms with Crippen LogP contribution in [0.2, 0.25) is 0 Å². The van der Waals surface area contributed by atoms with Crippen molar-refractivity contribution in [1.29, 1.82) is 0 Å². The first-order valence-corrected chi connectivity index (χ1v) is 18.6. The third-order valence-electron chi connectivity index (χ3n) is 9.33. The SMILES string of the molecule is COc1ccc(-c2nnn([C@@H]3CC(C(=O)N[C@]4(C(=O)NS(=O)(=O)C5CC5)C[C@H]4C(F)F)N(C(=O)[C@@H](NCC(=O)NC(C)(C)C)C(C)(C)C)C3)n2)cc1. The predicted molar refractivity (Wildman–Crippen MR) is 183 cm³/mol. The van der Waals surface area contributed by atoms with E-state index in [1.54, 1.807) is 45.0 Å². The van der Waals surface area contributed by atoms with E-state index in [4.69, 9.17) is 4.74 Å². The van der Waals surface area contributed by atoms with E-state index in [0.29, 0.717) is 24.2 Å². The second-order valence-electron chi connectivity index (χ2n) is 15.8. The number of benzene rings is 1. The summed E-state index contributed by atoms with van der Waals surface area (Å²) < 4.78 is 60.4. The van der Waals surface area contributed by atoms with Gasteiger partial charge >= 0.3 is 0 Å². The van der Waals surface area contributed by atoms with Crippen LogP contribution in [0.1, 0.15) is 73.3 Å². The minimum absolute atomic E-state index is 0.0885. The van der Waals surface area contributed by atoms with E-state index in [1.807, 2.05) is 25.5 Å². The van der Waals surface area contributed by atoms with E-state index in [0.717, 1.165) is 0 Å². The Morgan fingerprint density at radius 2 is 1.71 bits per heavy atom. The zero-order valence-corrected chi connectivity index (χ0v) is 31.1. The summed E-state index contributed by atoms with van der Waals surface area (Å²) in [5.41, 5.74) is -2.88. The first-order valence-electron chi connectivity index (χ1n) is 17.1. The fourth-order valence-electron chi connectivity index (χ4n) is 6.33. The lowest BCUT2D eigenvalue weighted by molar-refractivity contribution is -0.143. The molecule has 5 rings (SSSR count). The number of carbonyl (C=O) groups is 4. The van der Waals surface area contributed by atoms with Crippen LogP contribution in [0.5, 0.6) is 5.75 Å². The molecular formula is C33H47F2N9O7S. The topological polar surface area (TPSA) is 207 Å². The number of carbonyl (C=O) groups excluding carboxylic acids is 4. The van der Waals surface area contributed by atoms with Gasteiger partial charge in [0.05, 0.1) is 36.9 Å². The molecule has 19 heteroatoms. The van der Waals surface area contributed by atoms with E-state index >= 15 is 0 Å².